The van der Waals surface area contributed by atoms with Crippen LogP contribution in [0.15, 0.2) is 48.5 Å². The molecule has 0 bridgehead atoms. The van der Waals surface area contributed by atoms with Crippen molar-refractivity contribution in [1.82, 2.24) is 20.5 Å². The third kappa shape index (κ3) is 8.92. The highest BCUT2D eigenvalue weighted by Gasteiger charge is 2.23. The van der Waals surface area contributed by atoms with Crippen molar-refractivity contribution in [2.75, 3.05) is 33.3 Å². The van der Waals surface area contributed by atoms with E-state index in [1.807, 2.05) is 25.1 Å². The summed E-state index contributed by atoms with van der Waals surface area (Å²) in [6.07, 6.45) is 5.91. The lowest BCUT2D eigenvalue weighted by atomic mass is 9.89. The molecule has 226 valence electrons. The number of aryl methyl sites for hydroxylation is 1. The first kappa shape index (κ1) is 31.3. The number of unbranched alkanes of at least 4 members (excludes halogenated alkanes) is 2. The molecule has 0 radical (unpaired) electrons. The van der Waals surface area contributed by atoms with E-state index in [0.717, 1.165) is 79.6 Å². The lowest BCUT2D eigenvalue weighted by Crippen LogP contribution is -2.49. The minimum Gasteiger partial charge on any atom is -0.497 e. The molecule has 8 heteroatoms. The van der Waals surface area contributed by atoms with Crippen molar-refractivity contribution in [3.05, 3.63) is 65.4 Å². The number of ketones is 1. The third-order valence-electron chi connectivity index (χ3n) is 8.42. The van der Waals surface area contributed by atoms with Crippen LogP contribution in [0.2, 0.25) is 0 Å². The fraction of sp³-hybridized carbons (Fsp3) is 0.500. The summed E-state index contributed by atoms with van der Waals surface area (Å²) >= 11 is 0. The number of amides is 2. The number of aromatic nitrogens is 1. The molecule has 0 saturated carbocycles. The van der Waals surface area contributed by atoms with E-state index in [1.165, 1.54) is 5.56 Å². The number of benzene rings is 2. The Labute approximate surface area is 249 Å². The molecule has 1 fully saturated rings. The molecule has 42 heavy (non-hydrogen) atoms. The van der Waals surface area contributed by atoms with E-state index in [2.05, 4.69) is 50.8 Å². The molecule has 3 aromatic rings. The van der Waals surface area contributed by atoms with Crippen LogP contribution >= 0.6 is 0 Å². The quantitative estimate of drug-likeness (QED) is 0.221. The summed E-state index contributed by atoms with van der Waals surface area (Å²) in [7, 11) is 1.62. The van der Waals surface area contributed by atoms with Crippen molar-refractivity contribution >= 4 is 28.5 Å². The number of Topliss-reactive ketones (excluding diaryl/α,β-unsaturated/α-hetero) is 1. The number of H-pyrrole nitrogens is 1. The molecule has 1 aromatic heterocycles. The number of rotatable bonds is 15. The molecule has 0 aliphatic carbocycles. The summed E-state index contributed by atoms with van der Waals surface area (Å²) in [6.45, 7) is 6.93. The summed E-state index contributed by atoms with van der Waals surface area (Å²) in [5.74, 6) is 1.17. The van der Waals surface area contributed by atoms with E-state index in [4.69, 9.17) is 4.74 Å². The number of ether oxygens (including phenoxy) is 1. The molecule has 3 N–H and O–H groups in total. The van der Waals surface area contributed by atoms with Gasteiger partial charge in [0.2, 0.25) is 11.8 Å². The highest BCUT2D eigenvalue weighted by Crippen LogP contribution is 2.28. The van der Waals surface area contributed by atoms with Crippen LogP contribution < -0.4 is 15.4 Å². The summed E-state index contributed by atoms with van der Waals surface area (Å²) in [6, 6.07) is 15.9. The number of likely N-dealkylation sites (tertiary alicyclic amines) is 1. The molecular weight excluding hydrogens is 528 g/mol. The molecule has 2 aromatic carbocycles. The van der Waals surface area contributed by atoms with Crippen molar-refractivity contribution in [2.24, 2.45) is 0 Å². The number of carbonyl (C=O) groups excluding carboxylic acids is 3. The maximum Gasteiger partial charge on any atom is 0.242 e. The third-order valence-corrected chi connectivity index (χ3v) is 8.42. The molecule has 0 unspecified atom stereocenters. The SMILES string of the molecule is COc1ccc2[nH]c(C)c(CC(=O)N[C@@H](CCCCCC(C)=O)C(=O)NCCN3CCC(c4ccccc4)CC3)c2c1. The number of hydrogen-bond donors (Lipinski definition) is 3. The van der Waals surface area contributed by atoms with Gasteiger partial charge in [0.15, 0.2) is 0 Å². The van der Waals surface area contributed by atoms with E-state index in [0.29, 0.717) is 25.3 Å². The molecule has 8 nitrogen and oxygen atoms in total. The fourth-order valence-electron chi connectivity index (χ4n) is 5.97. The van der Waals surface area contributed by atoms with Gasteiger partial charge in [-0.2, -0.15) is 0 Å². The van der Waals surface area contributed by atoms with Crippen LogP contribution in [-0.4, -0.2) is 66.8 Å². The normalized spacial score (nSPS) is 14.9. The molecule has 1 aliphatic rings. The molecular formula is C34H46N4O4. The number of nitrogens with zero attached hydrogens (tertiary/aromatic N) is 1. The zero-order valence-corrected chi connectivity index (χ0v) is 25.3. The van der Waals surface area contributed by atoms with Gasteiger partial charge in [-0.15, -0.1) is 0 Å². The maximum absolute atomic E-state index is 13.3. The standard InChI is InChI=1S/C34H46N4O4/c1-24(39)10-6-4-9-13-32(37-33(40)23-29-25(2)36-31-15-14-28(42-3)22-30(29)31)34(41)35-18-21-38-19-16-27(17-20-38)26-11-7-5-8-12-26/h5,7-8,11-12,14-15,22,27,32,36H,4,6,9-10,13,16-21,23H2,1-3H3,(H,35,41)(H,37,40)/t32-/m0/s1. The zero-order valence-electron chi connectivity index (χ0n) is 25.3. The molecule has 2 amide bonds. The fourth-order valence-corrected chi connectivity index (χ4v) is 5.97. The van der Waals surface area contributed by atoms with Gasteiger partial charge in [-0.05, 0) is 87.9 Å². The number of methoxy groups -OCH3 is 1. The van der Waals surface area contributed by atoms with E-state index >= 15 is 0 Å². The van der Waals surface area contributed by atoms with Crippen molar-refractivity contribution in [2.45, 2.75) is 77.2 Å². The second-order valence-corrected chi connectivity index (χ2v) is 11.6. The minimum absolute atomic E-state index is 0.147. The van der Waals surface area contributed by atoms with Crippen molar-refractivity contribution < 1.29 is 19.1 Å². The largest absolute Gasteiger partial charge is 0.497 e. The Kier molecular flexibility index (Phi) is 11.6. The first-order valence-electron chi connectivity index (χ1n) is 15.3. The van der Waals surface area contributed by atoms with E-state index in [-0.39, 0.29) is 24.0 Å². The van der Waals surface area contributed by atoms with Gasteiger partial charge in [-0.1, -0.05) is 43.2 Å². The average Bonchev–Trinajstić information content (AvgIpc) is 3.30. The van der Waals surface area contributed by atoms with E-state index in [9.17, 15) is 14.4 Å². The number of fused-ring (bicyclic) bond motifs is 1. The molecule has 4 rings (SSSR count). The van der Waals surface area contributed by atoms with Gasteiger partial charge in [-0.25, -0.2) is 0 Å². The minimum atomic E-state index is -0.612. The Morgan fingerprint density at radius 2 is 1.81 bits per heavy atom. The number of piperidine rings is 1. The van der Waals surface area contributed by atoms with E-state index in [1.54, 1.807) is 14.0 Å². The summed E-state index contributed by atoms with van der Waals surface area (Å²) in [5, 5.41) is 7.04. The molecule has 2 heterocycles. The van der Waals surface area contributed by atoms with Crippen LogP contribution in [0.3, 0.4) is 0 Å². The first-order valence-corrected chi connectivity index (χ1v) is 15.3. The predicted octanol–water partition coefficient (Wildman–Crippen LogP) is 5.05. The Hall–Kier alpha value is -3.65. The van der Waals surface area contributed by atoms with Gasteiger partial charge < -0.3 is 30.0 Å². The van der Waals surface area contributed by atoms with Crippen molar-refractivity contribution in [3.63, 3.8) is 0 Å². The van der Waals surface area contributed by atoms with Gasteiger partial charge in [-0.3, -0.25) is 9.59 Å². The molecule has 0 spiro atoms. The maximum atomic E-state index is 13.3. The lowest BCUT2D eigenvalue weighted by molar-refractivity contribution is -0.129. The molecule has 1 saturated heterocycles. The molecule has 1 aliphatic heterocycles. The lowest BCUT2D eigenvalue weighted by Gasteiger charge is -2.32. The second-order valence-electron chi connectivity index (χ2n) is 11.6. The number of aromatic amines is 1. The highest BCUT2D eigenvalue weighted by atomic mass is 16.5. The van der Waals surface area contributed by atoms with Crippen LogP contribution in [0, 0.1) is 6.92 Å². The monoisotopic (exact) mass is 574 g/mol. The summed E-state index contributed by atoms with van der Waals surface area (Å²) in [4.78, 5) is 43.6. The second kappa shape index (κ2) is 15.5. The van der Waals surface area contributed by atoms with Gasteiger partial charge in [0.25, 0.3) is 0 Å². The van der Waals surface area contributed by atoms with Crippen LogP contribution in [0.25, 0.3) is 10.9 Å². The summed E-state index contributed by atoms with van der Waals surface area (Å²) < 4.78 is 5.38. The van der Waals surface area contributed by atoms with Crippen LogP contribution in [-0.2, 0) is 20.8 Å². The van der Waals surface area contributed by atoms with Gasteiger partial charge in [0, 0.05) is 36.1 Å². The Morgan fingerprint density at radius 1 is 1.05 bits per heavy atom. The van der Waals surface area contributed by atoms with Gasteiger partial charge >= 0.3 is 0 Å². The van der Waals surface area contributed by atoms with Crippen LogP contribution in [0.4, 0.5) is 0 Å². The van der Waals surface area contributed by atoms with Gasteiger partial charge in [0.1, 0.15) is 17.6 Å². The van der Waals surface area contributed by atoms with Crippen molar-refractivity contribution in [3.8, 4) is 5.75 Å². The Morgan fingerprint density at radius 3 is 2.52 bits per heavy atom. The smallest absolute Gasteiger partial charge is 0.242 e. The highest BCUT2D eigenvalue weighted by molar-refractivity contribution is 5.93. The zero-order chi connectivity index (χ0) is 29.9. The Balaban J connectivity index is 1.30. The predicted molar refractivity (Wildman–Crippen MR) is 167 cm³/mol. The number of hydrogen-bond acceptors (Lipinski definition) is 5. The number of carbonyl (C=O) groups is 3. The van der Waals surface area contributed by atoms with Crippen molar-refractivity contribution in [1.29, 1.82) is 0 Å². The first-order chi connectivity index (χ1) is 20.3. The molecule has 1 atom stereocenters. The van der Waals surface area contributed by atoms with Crippen LogP contribution in [0.1, 0.15) is 74.6 Å². The number of nitrogens with one attached hydrogen (secondary N) is 3. The topological polar surface area (TPSA) is 104 Å². The van der Waals surface area contributed by atoms with Gasteiger partial charge in [0.05, 0.1) is 13.5 Å². The van der Waals surface area contributed by atoms with Crippen LogP contribution in [0.5, 0.6) is 5.75 Å². The van der Waals surface area contributed by atoms with E-state index < -0.39 is 6.04 Å². The summed E-state index contributed by atoms with van der Waals surface area (Å²) in [5.41, 5.74) is 4.19. The Bertz CT molecular complexity index is 1330. The average molecular weight is 575 g/mol.